The molecule has 1 aromatic rings. The summed E-state index contributed by atoms with van der Waals surface area (Å²) in [6.07, 6.45) is 5.95. The van der Waals surface area contributed by atoms with E-state index in [9.17, 15) is 4.79 Å². The highest BCUT2D eigenvalue weighted by Crippen LogP contribution is 2.60. The molecular weight excluding hydrogens is 400 g/mol. The number of hydrogen-bond donors (Lipinski definition) is 1. The first-order chi connectivity index (χ1) is 11.9. The van der Waals surface area contributed by atoms with Crippen LogP contribution < -0.4 is 5.32 Å². The smallest absolute Gasteiger partial charge is 0.231 e. The van der Waals surface area contributed by atoms with Crippen molar-refractivity contribution >= 4 is 39.2 Å². The van der Waals surface area contributed by atoms with Gasteiger partial charge >= 0.3 is 0 Å². The summed E-state index contributed by atoms with van der Waals surface area (Å²) < 4.78 is 6.64. The molecule has 1 N–H and O–H groups in total. The first-order valence-corrected chi connectivity index (χ1v) is 10.0. The van der Waals surface area contributed by atoms with Gasteiger partial charge in [-0.05, 0) is 67.6 Å². The lowest BCUT2D eigenvalue weighted by atomic mass is 9.59. The van der Waals surface area contributed by atoms with Gasteiger partial charge < -0.3 is 10.1 Å². The Morgan fingerprint density at radius 1 is 1.32 bits per heavy atom. The lowest BCUT2D eigenvalue weighted by molar-refractivity contribution is -0.132. The van der Waals surface area contributed by atoms with Crippen molar-refractivity contribution < 1.29 is 9.53 Å². The number of nitrogens with zero attached hydrogens (tertiary/aromatic N) is 1. The molecule has 1 amide bonds. The number of halogens is 1. The molecule has 1 atom stereocenters. The third-order valence-electron chi connectivity index (χ3n) is 6.60. The van der Waals surface area contributed by atoms with E-state index in [0.717, 1.165) is 36.6 Å². The molecule has 3 aliphatic rings. The molecule has 2 aliphatic carbocycles. The van der Waals surface area contributed by atoms with Crippen LogP contribution >= 0.6 is 28.1 Å². The molecule has 1 saturated heterocycles. The minimum atomic E-state index is -0.397. The number of methoxy groups -OCH3 is 1. The van der Waals surface area contributed by atoms with Gasteiger partial charge in [-0.2, -0.15) is 0 Å². The van der Waals surface area contributed by atoms with Crippen molar-refractivity contribution in [3.05, 3.63) is 33.8 Å². The van der Waals surface area contributed by atoms with Gasteiger partial charge in [-0.25, -0.2) is 0 Å². The predicted molar refractivity (Wildman–Crippen MR) is 104 cm³/mol. The van der Waals surface area contributed by atoms with Gasteiger partial charge in [-0.1, -0.05) is 22.0 Å². The third kappa shape index (κ3) is 2.48. The van der Waals surface area contributed by atoms with Gasteiger partial charge in [0.15, 0.2) is 5.11 Å². The van der Waals surface area contributed by atoms with E-state index in [1.807, 2.05) is 0 Å². The summed E-state index contributed by atoms with van der Waals surface area (Å²) in [6, 6.07) is 6.48. The monoisotopic (exact) mass is 422 g/mol. The standard InChI is InChI=1S/C19H23BrN2O2S/c1-22-16(23)11-19(21-17(22)25)15-9-13(20)4-3-12(15)10-18(19)7-5-14(24-2)6-8-18/h3-4,9,14H,5-8,10-11H2,1-2H3,(H,21,25). The van der Waals surface area contributed by atoms with Crippen LogP contribution in [0, 0.1) is 5.41 Å². The number of thiocarbonyl (C=S) groups is 1. The topological polar surface area (TPSA) is 41.6 Å². The number of nitrogens with one attached hydrogen (secondary N) is 1. The van der Waals surface area contributed by atoms with Crippen LogP contribution in [0.25, 0.3) is 0 Å². The van der Waals surface area contributed by atoms with Gasteiger partial charge in [0.25, 0.3) is 0 Å². The highest BCUT2D eigenvalue weighted by molar-refractivity contribution is 9.10. The van der Waals surface area contributed by atoms with Gasteiger partial charge in [0, 0.05) is 24.0 Å². The van der Waals surface area contributed by atoms with Crippen molar-refractivity contribution in [2.24, 2.45) is 5.41 Å². The number of hydrogen-bond acceptors (Lipinski definition) is 3. The predicted octanol–water partition coefficient (Wildman–Crippen LogP) is 3.51. The molecule has 1 aromatic carbocycles. The Kier molecular flexibility index (Phi) is 4.21. The summed E-state index contributed by atoms with van der Waals surface area (Å²) in [5, 5.41) is 4.16. The minimum absolute atomic E-state index is 0.0200. The third-order valence-corrected chi connectivity index (χ3v) is 7.47. The first kappa shape index (κ1) is 17.4. The number of carbonyl (C=O) groups is 1. The SMILES string of the molecule is COC1CCC2(CC1)Cc1ccc(Br)cc1C21CC(=O)N(C)C(=S)N1. The van der Waals surface area contributed by atoms with E-state index in [1.165, 1.54) is 11.1 Å². The fourth-order valence-electron chi connectivity index (χ4n) is 5.14. The Balaban J connectivity index is 1.83. The molecule has 134 valence electrons. The molecule has 25 heavy (non-hydrogen) atoms. The molecule has 4 nitrogen and oxygen atoms in total. The van der Waals surface area contributed by atoms with Crippen molar-refractivity contribution in [1.82, 2.24) is 10.2 Å². The summed E-state index contributed by atoms with van der Waals surface area (Å²) >= 11 is 9.15. The second-order valence-corrected chi connectivity index (χ2v) is 8.96. The second kappa shape index (κ2) is 6.03. The van der Waals surface area contributed by atoms with Gasteiger partial charge in [0.05, 0.1) is 18.1 Å². The lowest BCUT2D eigenvalue weighted by Gasteiger charge is -2.53. The molecule has 1 aliphatic heterocycles. The summed E-state index contributed by atoms with van der Waals surface area (Å²) in [4.78, 5) is 14.3. The number of rotatable bonds is 1. The summed E-state index contributed by atoms with van der Waals surface area (Å²) in [5.41, 5.74) is 2.20. The number of amides is 1. The zero-order chi connectivity index (χ0) is 17.8. The fourth-order valence-corrected chi connectivity index (χ4v) is 5.77. The zero-order valence-electron chi connectivity index (χ0n) is 14.6. The number of benzene rings is 1. The van der Waals surface area contributed by atoms with Crippen LogP contribution in [0.1, 0.15) is 43.2 Å². The molecule has 0 aromatic heterocycles. The summed E-state index contributed by atoms with van der Waals surface area (Å²) in [5.74, 6) is 0.102. The van der Waals surface area contributed by atoms with Crippen LogP contribution in [-0.2, 0) is 21.5 Å². The van der Waals surface area contributed by atoms with Crippen LogP contribution in [0.15, 0.2) is 22.7 Å². The molecule has 1 saturated carbocycles. The van der Waals surface area contributed by atoms with E-state index >= 15 is 0 Å². The average Bonchev–Trinajstić information content (AvgIpc) is 2.83. The Morgan fingerprint density at radius 3 is 2.68 bits per heavy atom. The Hall–Kier alpha value is -0.980. The van der Waals surface area contributed by atoms with E-state index < -0.39 is 5.54 Å². The van der Waals surface area contributed by atoms with E-state index in [-0.39, 0.29) is 11.3 Å². The molecule has 0 radical (unpaired) electrons. The van der Waals surface area contributed by atoms with Gasteiger partial charge in [0.1, 0.15) is 0 Å². The molecule has 1 heterocycles. The van der Waals surface area contributed by atoms with Crippen molar-refractivity contribution in [2.45, 2.75) is 50.2 Å². The molecule has 2 fully saturated rings. The van der Waals surface area contributed by atoms with E-state index in [0.29, 0.717) is 17.6 Å². The summed E-state index contributed by atoms with van der Waals surface area (Å²) in [6.45, 7) is 0. The van der Waals surface area contributed by atoms with Crippen LogP contribution in [0.4, 0.5) is 0 Å². The second-order valence-electron chi connectivity index (χ2n) is 7.66. The van der Waals surface area contributed by atoms with Crippen molar-refractivity contribution in [2.75, 3.05) is 14.2 Å². The zero-order valence-corrected chi connectivity index (χ0v) is 17.0. The highest BCUT2D eigenvalue weighted by atomic mass is 79.9. The largest absolute Gasteiger partial charge is 0.381 e. The van der Waals surface area contributed by atoms with Gasteiger partial charge in [-0.15, -0.1) is 0 Å². The Labute approximate surface area is 162 Å². The lowest BCUT2D eigenvalue weighted by Crippen LogP contribution is -2.65. The molecule has 2 spiro atoms. The maximum atomic E-state index is 12.8. The van der Waals surface area contributed by atoms with Crippen molar-refractivity contribution in [3.8, 4) is 0 Å². The van der Waals surface area contributed by atoms with E-state index in [4.69, 9.17) is 17.0 Å². The van der Waals surface area contributed by atoms with Crippen LogP contribution in [0.5, 0.6) is 0 Å². The Morgan fingerprint density at radius 2 is 2.04 bits per heavy atom. The van der Waals surface area contributed by atoms with Crippen LogP contribution in [-0.4, -0.2) is 36.2 Å². The summed E-state index contributed by atoms with van der Waals surface area (Å²) in [7, 11) is 3.56. The van der Waals surface area contributed by atoms with E-state index in [2.05, 4.69) is 39.4 Å². The average molecular weight is 423 g/mol. The van der Waals surface area contributed by atoms with Crippen LogP contribution in [0.3, 0.4) is 0 Å². The minimum Gasteiger partial charge on any atom is -0.381 e. The normalized spacial score (nSPS) is 34.5. The van der Waals surface area contributed by atoms with E-state index in [1.54, 1.807) is 19.1 Å². The molecule has 4 rings (SSSR count). The van der Waals surface area contributed by atoms with Crippen molar-refractivity contribution in [3.63, 3.8) is 0 Å². The molecule has 6 heteroatoms. The molecule has 0 bridgehead atoms. The van der Waals surface area contributed by atoms with Gasteiger partial charge in [0.2, 0.25) is 5.91 Å². The molecular formula is C19H23BrN2O2S. The number of ether oxygens (including phenoxy) is 1. The molecule has 1 unspecified atom stereocenters. The Bertz CT molecular complexity index is 725. The maximum absolute atomic E-state index is 12.8. The quantitative estimate of drug-likeness (QED) is 0.702. The van der Waals surface area contributed by atoms with Crippen molar-refractivity contribution in [1.29, 1.82) is 0 Å². The first-order valence-electron chi connectivity index (χ1n) is 8.81. The van der Waals surface area contributed by atoms with Gasteiger partial charge in [-0.3, -0.25) is 9.69 Å². The highest BCUT2D eigenvalue weighted by Gasteiger charge is 2.61. The number of carbonyl (C=O) groups excluding carboxylic acids is 1. The fraction of sp³-hybridized carbons (Fsp3) is 0.579. The maximum Gasteiger partial charge on any atom is 0.231 e. The number of fused-ring (bicyclic) bond motifs is 3. The van der Waals surface area contributed by atoms with Crippen LogP contribution in [0.2, 0.25) is 0 Å².